The first kappa shape index (κ1) is 34.1. The zero-order valence-corrected chi connectivity index (χ0v) is 28.1. The molecule has 1 aromatic heterocycles. The molecule has 0 aliphatic carbocycles. The minimum atomic E-state index is -4.34. The maximum absolute atomic E-state index is 15.8. The van der Waals surface area contributed by atoms with Gasteiger partial charge in [0.15, 0.2) is 9.84 Å². The Morgan fingerprint density at radius 1 is 1.17 bits per heavy atom. The molecule has 252 valence electrons. The second-order valence-corrected chi connectivity index (χ2v) is 15.2. The number of sulfone groups is 1. The summed E-state index contributed by atoms with van der Waals surface area (Å²) in [4.78, 5) is 45.4. The molecule has 3 aromatic rings. The van der Waals surface area contributed by atoms with Gasteiger partial charge in [0.1, 0.15) is 17.5 Å². The predicted octanol–water partition coefficient (Wildman–Crippen LogP) is 4.86. The highest BCUT2D eigenvalue weighted by molar-refractivity contribution is 7.91. The van der Waals surface area contributed by atoms with Crippen LogP contribution in [0.4, 0.5) is 19.7 Å². The van der Waals surface area contributed by atoms with Crippen molar-refractivity contribution in [2.24, 2.45) is 0 Å². The van der Waals surface area contributed by atoms with E-state index in [9.17, 15) is 22.8 Å². The number of ether oxygens (including phenoxy) is 2. The molecule has 1 N–H and O–H groups in total. The van der Waals surface area contributed by atoms with Gasteiger partial charge in [-0.15, -0.1) is 0 Å². The molecule has 47 heavy (non-hydrogen) atoms. The molecule has 1 atom stereocenters. The fourth-order valence-corrected chi connectivity index (χ4v) is 7.20. The molecule has 2 aliphatic heterocycles. The molecule has 16 heteroatoms. The molecular formula is C31H35ClFN5O8S. The Kier molecular flexibility index (Phi) is 9.25. The number of likely N-dealkylation sites (tertiary alicyclic amines) is 1. The van der Waals surface area contributed by atoms with Crippen LogP contribution < -0.4 is 10.2 Å². The van der Waals surface area contributed by atoms with E-state index < -0.39 is 61.5 Å². The fraction of sp³-hybridized carbons (Fsp3) is 0.452. The number of hydrogen-bond acceptors (Lipinski definition) is 10. The highest BCUT2D eigenvalue weighted by Crippen LogP contribution is 2.39. The molecule has 2 aromatic carbocycles. The topological polar surface area (TPSA) is 161 Å². The van der Waals surface area contributed by atoms with Gasteiger partial charge in [0.05, 0.1) is 41.0 Å². The second-order valence-electron chi connectivity index (χ2n) is 12.8. The Hall–Kier alpha value is -4.24. The minimum absolute atomic E-state index is 0.126. The van der Waals surface area contributed by atoms with E-state index >= 15 is 4.39 Å². The van der Waals surface area contributed by atoms with Gasteiger partial charge >= 0.3 is 12.2 Å². The summed E-state index contributed by atoms with van der Waals surface area (Å²) in [5.41, 5.74) is -1.28. The average Bonchev–Trinajstić information content (AvgIpc) is 3.48. The number of amides is 3. The van der Waals surface area contributed by atoms with Crippen molar-refractivity contribution in [1.82, 2.24) is 20.4 Å². The van der Waals surface area contributed by atoms with Crippen LogP contribution in [0, 0.1) is 5.82 Å². The summed E-state index contributed by atoms with van der Waals surface area (Å²) in [6, 6.07) is 7.02. The van der Waals surface area contributed by atoms with E-state index in [2.05, 4.69) is 15.5 Å². The second kappa shape index (κ2) is 12.8. The van der Waals surface area contributed by atoms with Gasteiger partial charge in [-0.05, 0) is 63.4 Å². The van der Waals surface area contributed by atoms with Crippen LogP contribution in [-0.2, 0) is 36.1 Å². The molecule has 13 nitrogen and oxygen atoms in total. The van der Waals surface area contributed by atoms with Crippen LogP contribution in [0.1, 0.15) is 52.0 Å². The molecule has 0 saturated carbocycles. The molecule has 3 heterocycles. The normalized spacial score (nSPS) is 19.0. The Labute approximate surface area is 276 Å². The fourth-order valence-electron chi connectivity index (χ4n) is 5.45. The number of nitrogens with one attached hydrogen (secondary N) is 1. The van der Waals surface area contributed by atoms with Crippen molar-refractivity contribution in [1.29, 1.82) is 0 Å². The van der Waals surface area contributed by atoms with E-state index in [4.69, 9.17) is 25.6 Å². The van der Waals surface area contributed by atoms with E-state index in [-0.39, 0.29) is 29.5 Å². The van der Waals surface area contributed by atoms with E-state index in [1.807, 2.05) is 6.92 Å². The third kappa shape index (κ3) is 7.35. The van der Waals surface area contributed by atoms with Crippen molar-refractivity contribution in [2.45, 2.75) is 69.0 Å². The lowest BCUT2D eigenvalue weighted by molar-refractivity contribution is -0.120. The molecule has 5 rings (SSSR count). The highest BCUT2D eigenvalue weighted by atomic mass is 35.5. The lowest BCUT2D eigenvalue weighted by Crippen LogP contribution is -2.51. The molecule has 2 aliphatic rings. The Morgan fingerprint density at radius 2 is 1.83 bits per heavy atom. The number of benzene rings is 2. The number of halogens is 2. The van der Waals surface area contributed by atoms with Crippen LogP contribution in [0.2, 0.25) is 5.02 Å². The summed E-state index contributed by atoms with van der Waals surface area (Å²) in [7, 11) is -3.03. The summed E-state index contributed by atoms with van der Waals surface area (Å²) < 4.78 is 58.8. The number of fused-ring (bicyclic) bond motifs is 1. The zero-order chi connectivity index (χ0) is 34.3. The number of anilines is 1. The largest absolute Gasteiger partial charge is 0.453 e. The van der Waals surface area contributed by atoms with Crippen molar-refractivity contribution in [3.63, 3.8) is 0 Å². The van der Waals surface area contributed by atoms with Crippen LogP contribution in [-0.4, -0.2) is 79.1 Å². The minimum Gasteiger partial charge on any atom is -0.453 e. The lowest BCUT2D eigenvalue weighted by Gasteiger charge is -2.36. The van der Waals surface area contributed by atoms with E-state index in [1.54, 1.807) is 49.9 Å². The van der Waals surface area contributed by atoms with Gasteiger partial charge in [0.2, 0.25) is 11.7 Å². The number of methoxy groups -OCH3 is 1. The molecule has 3 amide bonds. The Morgan fingerprint density at radius 3 is 2.45 bits per heavy atom. The first-order valence-corrected chi connectivity index (χ1v) is 16.8. The number of carbonyl (C=O) groups excluding carboxylic acids is 3. The van der Waals surface area contributed by atoms with Gasteiger partial charge in [-0.1, -0.05) is 35.8 Å². The van der Waals surface area contributed by atoms with E-state index in [1.165, 1.54) is 18.1 Å². The number of hydrogen-bond donors (Lipinski definition) is 1. The lowest BCUT2D eigenvalue weighted by atomic mass is 9.80. The third-order valence-corrected chi connectivity index (χ3v) is 10.1. The van der Waals surface area contributed by atoms with E-state index in [0.717, 1.165) is 6.07 Å². The van der Waals surface area contributed by atoms with Crippen LogP contribution in [0.15, 0.2) is 45.8 Å². The number of rotatable bonds is 5. The first-order chi connectivity index (χ1) is 22.0. The number of nitrogens with zero attached hydrogens (tertiary/aromatic N) is 4. The van der Waals surface area contributed by atoms with Gasteiger partial charge in [0, 0.05) is 18.1 Å². The van der Waals surface area contributed by atoms with Crippen LogP contribution in [0.3, 0.4) is 0 Å². The summed E-state index contributed by atoms with van der Waals surface area (Å²) in [6.07, 6.45) is -0.476. The summed E-state index contributed by atoms with van der Waals surface area (Å²) in [6.45, 7) is 7.39. The Balaban J connectivity index is 1.54. The molecule has 0 radical (unpaired) electrons. The number of carbonyl (C=O) groups is 3. The van der Waals surface area contributed by atoms with Crippen molar-refractivity contribution in [3.05, 3.63) is 58.7 Å². The summed E-state index contributed by atoms with van der Waals surface area (Å²) in [5.74, 6) is -2.48. The number of piperidine rings is 1. The van der Waals surface area contributed by atoms with Crippen molar-refractivity contribution in [3.8, 4) is 11.4 Å². The third-order valence-electron chi connectivity index (χ3n) is 8.05. The quantitative estimate of drug-likeness (QED) is 0.391. The molecule has 0 spiro atoms. The van der Waals surface area contributed by atoms with Crippen LogP contribution in [0.25, 0.3) is 11.4 Å². The van der Waals surface area contributed by atoms with Gasteiger partial charge in [-0.3, -0.25) is 4.79 Å². The molecule has 0 bridgehead atoms. The molecule has 1 fully saturated rings. The number of aromatic nitrogens is 2. The van der Waals surface area contributed by atoms with Crippen LogP contribution in [0.5, 0.6) is 0 Å². The number of alkyl carbamates (subject to hydrolysis) is 1. The van der Waals surface area contributed by atoms with Crippen LogP contribution >= 0.6 is 11.6 Å². The summed E-state index contributed by atoms with van der Waals surface area (Å²) in [5, 5.41) is 6.83. The average molecular weight is 692 g/mol. The molecular weight excluding hydrogens is 657 g/mol. The maximum atomic E-state index is 15.8. The monoisotopic (exact) mass is 691 g/mol. The van der Waals surface area contributed by atoms with Gasteiger partial charge in [-0.25, -0.2) is 22.4 Å². The molecule has 0 unspecified atom stereocenters. The van der Waals surface area contributed by atoms with Crippen molar-refractivity contribution in [2.75, 3.05) is 30.9 Å². The van der Waals surface area contributed by atoms with Gasteiger partial charge in [-0.2, -0.15) is 4.98 Å². The standard InChI is InChI=1S/C31H35ClFN5O8S/c1-30(2,3)45-28(40)34-22-17-47(42,43)24-15-21(33)20(14-23(24)38(26(22)39)16-18-6-8-19(32)9-7-18)25-35-27(46-36-25)31(4)10-12-37(13-11-31)29(41)44-5/h6-9,14-15,22H,10-13,16-17H2,1-5H3,(H,34,40)/t22-/m0/s1. The van der Waals surface area contributed by atoms with Crippen molar-refractivity contribution < 1.29 is 41.2 Å². The van der Waals surface area contributed by atoms with Crippen molar-refractivity contribution >= 4 is 45.2 Å². The zero-order valence-electron chi connectivity index (χ0n) is 26.5. The van der Waals surface area contributed by atoms with E-state index in [0.29, 0.717) is 36.5 Å². The van der Waals surface area contributed by atoms with Gasteiger partial charge < -0.3 is 29.1 Å². The SMILES string of the molecule is COC(=O)N1CCC(C)(c2nc(-c3cc4c(cc3F)S(=O)(=O)C[C@H](NC(=O)OC(C)(C)C)C(=O)N4Cc3ccc(Cl)cc3)no2)CC1. The smallest absolute Gasteiger partial charge is 0.409 e. The first-order valence-electron chi connectivity index (χ1n) is 14.8. The highest BCUT2D eigenvalue weighted by Gasteiger charge is 2.42. The van der Waals surface area contributed by atoms with Gasteiger partial charge in [0.25, 0.3) is 5.91 Å². The molecule has 1 saturated heterocycles. The Bertz CT molecular complexity index is 1800. The summed E-state index contributed by atoms with van der Waals surface area (Å²) >= 11 is 6.05. The maximum Gasteiger partial charge on any atom is 0.409 e. The predicted molar refractivity (Wildman–Crippen MR) is 168 cm³/mol.